The Bertz CT molecular complexity index is 556. The molecule has 4 nitrogen and oxygen atoms in total. The Morgan fingerprint density at radius 2 is 2.08 bits per heavy atom. The van der Waals surface area contributed by atoms with Crippen LogP contribution in [0.1, 0.15) is 31.7 Å². The molecule has 1 heterocycles. The number of guanidine groups is 1. The van der Waals surface area contributed by atoms with Crippen molar-refractivity contribution in [2.45, 2.75) is 32.6 Å². The molecule has 25 heavy (non-hydrogen) atoms. The average molecular weight is 413 g/mol. The minimum absolute atomic E-state index is 0.141. The van der Waals surface area contributed by atoms with Gasteiger partial charge in [-0.3, -0.25) is 4.99 Å². The zero-order chi connectivity index (χ0) is 18.1. The second-order valence-electron chi connectivity index (χ2n) is 6.73. The molecule has 1 aliphatic rings. The van der Waals surface area contributed by atoms with Crippen LogP contribution < -0.4 is 10.6 Å². The fourth-order valence-electron chi connectivity index (χ4n) is 3.02. The summed E-state index contributed by atoms with van der Waals surface area (Å²) in [6, 6.07) is 5.26. The molecule has 0 atom stereocenters. The van der Waals surface area contributed by atoms with E-state index in [2.05, 4.69) is 45.4 Å². The number of aryl methyl sites for hydroxylation is 1. The van der Waals surface area contributed by atoms with Gasteiger partial charge in [-0.1, -0.05) is 22.0 Å². The third kappa shape index (κ3) is 7.32. The summed E-state index contributed by atoms with van der Waals surface area (Å²) < 4.78 is 14.6. The Kier molecular flexibility index (Phi) is 8.68. The summed E-state index contributed by atoms with van der Waals surface area (Å²) in [6.45, 7) is 6.93. The highest BCUT2D eigenvalue weighted by atomic mass is 79.9. The van der Waals surface area contributed by atoms with Crippen molar-refractivity contribution in [3.8, 4) is 0 Å². The van der Waals surface area contributed by atoms with E-state index in [1.807, 2.05) is 12.1 Å². The lowest BCUT2D eigenvalue weighted by Gasteiger charge is -2.28. The normalized spacial score (nSPS) is 16.9. The maximum absolute atomic E-state index is 13.8. The second-order valence-corrected chi connectivity index (χ2v) is 7.65. The van der Waals surface area contributed by atoms with Crippen molar-refractivity contribution in [2.24, 2.45) is 10.9 Å². The van der Waals surface area contributed by atoms with Gasteiger partial charge in [-0.15, -0.1) is 0 Å². The Morgan fingerprint density at radius 1 is 1.32 bits per heavy atom. The molecule has 0 saturated carbocycles. The zero-order valence-corrected chi connectivity index (χ0v) is 16.9. The van der Waals surface area contributed by atoms with Crippen molar-refractivity contribution in [1.29, 1.82) is 0 Å². The molecule has 140 valence electrons. The number of aliphatic imine (C=N–C) groups is 1. The third-order valence-electron chi connectivity index (χ3n) is 4.62. The van der Waals surface area contributed by atoms with Crippen LogP contribution >= 0.6 is 15.9 Å². The number of nitrogens with zero attached hydrogens (tertiary/aromatic N) is 2. The quantitative estimate of drug-likeness (QED) is 0.409. The maximum atomic E-state index is 13.8. The van der Waals surface area contributed by atoms with Gasteiger partial charge in [-0.05, 0) is 76.4 Å². The van der Waals surface area contributed by atoms with E-state index in [1.165, 1.54) is 32.0 Å². The van der Waals surface area contributed by atoms with E-state index in [4.69, 9.17) is 4.99 Å². The predicted molar refractivity (Wildman–Crippen MR) is 107 cm³/mol. The lowest BCUT2D eigenvalue weighted by molar-refractivity contribution is 0.223. The Hall–Kier alpha value is -1.14. The number of halogens is 2. The first kappa shape index (κ1) is 20.2. The molecular formula is C19H30BrFN4. The lowest BCUT2D eigenvalue weighted by atomic mass is 9.97. The molecular weight excluding hydrogens is 383 g/mol. The molecule has 2 rings (SSSR count). The van der Waals surface area contributed by atoms with Crippen molar-refractivity contribution >= 4 is 21.9 Å². The van der Waals surface area contributed by atoms with Crippen LogP contribution in [0.5, 0.6) is 0 Å². The standard InChI is InChI=1S/C19H30BrFN4/c1-3-22-19(24-14-15-8-11-25(2)12-9-15)23-10-4-5-16-6-7-17(20)13-18(16)21/h6-7,13,15H,3-5,8-12,14H2,1-2H3,(H2,22,23,24). The predicted octanol–water partition coefficient (Wildman–Crippen LogP) is 3.42. The number of likely N-dealkylation sites (tertiary alicyclic amines) is 1. The number of benzene rings is 1. The molecule has 1 fully saturated rings. The minimum atomic E-state index is -0.141. The van der Waals surface area contributed by atoms with Gasteiger partial charge < -0.3 is 15.5 Å². The van der Waals surface area contributed by atoms with Gasteiger partial charge in [0.2, 0.25) is 0 Å². The molecule has 1 saturated heterocycles. The van der Waals surface area contributed by atoms with Gasteiger partial charge in [0.05, 0.1) is 0 Å². The summed E-state index contributed by atoms with van der Waals surface area (Å²) in [5.74, 6) is 1.42. The Labute approximate surface area is 159 Å². The van der Waals surface area contributed by atoms with Crippen LogP contribution in [-0.2, 0) is 6.42 Å². The van der Waals surface area contributed by atoms with Crippen molar-refractivity contribution in [3.63, 3.8) is 0 Å². The second kappa shape index (κ2) is 10.8. The van der Waals surface area contributed by atoms with E-state index in [0.29, 0.717) is 5.92 Å². The molecule has 1 aliphatic heterocycles. The molecule has 0 aliphatic carbocycles. The van der Waals surface area contributed by atoms with Crippen LogP contribution in [0, 0.1) is 11.7 Å². The van der Waals surface area contributed by atoms with Crippen molar-refractivity contribution in [1.82, 2.24) is 15.5 Å². The Morgan fingerprint density at radius 3 is 2.76 bits per heavy atom. The first-order valence-electron chi connectivity index (χ1n) is 9.23. The number of piperidine rings is 1. The summed E-state index contributed by atoms with van der Waals surface area (Å²) in [5, 5.41) is 6.66. The summed E-state index contributed by atoms with van der Waals surface area (Å²) >= 11 is 3.29. The molecule has 0 unspecified atom stereocenters. The Balaban J connectivity index is 1.74. The number of nitrogens with one attached hydrogen (secondary N) is 2. The van der Waals surface area contributed by atoms with Gasteiger partial charge in [0.15, 0.2) is 5.96 Å². The molecule has 0 aromatic heterocycles. The van der Waals surface area contributed by atoms with Gasteiger partial charge >= 0.3 is 0 Å². The van der Waals surface area contributed by atoms with Gasteiger partial charge in [0, 0.05) is 24.1 Å². The van der Waals surface area contributed by atoms with E-state index < -0.39 is 0 Å². The van der Waals surface area contributed by atoms with E-state index in [0.717, 1.165) is 48.5 Å². The fraction of sp³-hybridized carbons (Fsp3) is 0.632. The third-order valence-corrected chi connectivity index (χ3v) is 5.11. The lowest BCUT2D eigenvalue weighted by Crippen LogP contribution is -2.39. The molecule has 0 amide bonds. The summed E-state index contributed by atoms with van der Waals surface area (Å²) in [6.07, 6.45) is 4.04. The molecule has 6 heteroatoms. The van der Waals surface area contributed by atoms with E-state index in [1.54, 1.807) is 0 Å². The zero-order valence-electron chi connectivity index (χ0n) is 15.3. The van der Waals surface area contributed by atoms with Crippen LogP contribution in [0.4, 0.5) is 4.39 Å². The molecule has 0 bridgehead atoms. The van der Waals surface area contributed by atoms with Crippen molar-refractivity contribution < 1.29 is 4.39 Å². The maximum Gasteiger partial charge on any atom is 0.191 e. The molecule has 1 aromatic carbocycles. The van der Waals surface area contributed by atoms with Crippen molar-refractivity contribution in [3.05, 3.63) is 34.1 Å². The van der Waals surface area contributed by atoms with Gasteiger partial charge in [-0.2, -0.15) is 0 Å². The highest BCUT2D eigenvalue weighted by molar-refractivity contribution is 9.10. The van der Waals surface area contributed by atoms with Gasteiger partial charge in [0.25, 0.3) is 0 Å². The van der Waals surface area contributed by atoms with Crippen LogP contribution in [0.3, 0.4) is 0 Å². The number of hydrogen-bond acceptors (Lipinski definition) is 2. The summed E-state index contributed by atoms with van der Waals surface area (Å²) in [5.41, 5.74) is 0.762. The largest absolute Gasteiger partial charge is 0.357 e. The van der Waals surface area contributed by atoms with Crippen LogP contribution in [0.2, 0.25) is 0 Å². The summed E-state index contributed by atoms with van der Waals surface area (Å²) in [4.78, 5) is 7.11. The van der Waals surface area contributed by atoms with Crippen LogP contribution in [0.25, 0.3) is 0 Å². The highest BCUT2D eigenvalue weighted by Gasteiger charge is 2.16. The topological polar surface area (TPSA) is 39.7 Å². The molecule has 1 aromatic rings. The monoisotopic (exact) mass is 412 g/mol. The van der Waals surface area contributed by atoms with Gasteiger partial charge in [0.1, 0.15) is 5.82 Å². The minimum Gasteiger partial charge on any atom is -0.357 e. The molecule has 0 radical (unpaired) electrons. The fourth-order valence-corrected chi connectivity index (χ4v) is 3.35. The summed E-state index contributed by atoms with van der Waals surface area (Å²) in [7, 11) is 2.18. The van der Waals surface area contributed by atoms with Crippen LogP contribution in [0.15, 0.2) is 27.7 Å². The highest BCUT2D eigenvalue weighted by Crippen LogP contribution is 2.17. The van der Waals surface area contributed by atoms with E-state index >= 15 is 0 Å². The smallest absolute Gasteiger partial charge is 0.191 e. The number of rotatable bonds is 7. The SMILES string of the molecule is CCNC(=NCC1CCN(C)CC1)NCCCc1ccc(Br)cc1F. The van der Waals surface area contributed by atoms with Crippen LogP contribution in [-0.4, -0.2) is 50.6 Å². The molecule has 0 spiro atoms. The first-order valence-corrected chi connectivity index (χ1v) is 10.0. The first-order chi connectivity index (χ1) is 12.1. The number of hydrogen-bond donors (Lipinski definition) is 2. The van der Waals surface area contributed by atoms with Crippen molar-refractivity contribution in [2.75, 3.05) is 39.8 Å². The van der Waals surface area contributed by atoms with E-state index in [9.17, 15) is 4.39 Å². The van der Waals surface area contributed by atoms with E-state index in [-0.39, 0.29) is 5.82 Å². The average Bonchev–Trinajstić information content (AvgIpc) is 2.59. The molecule has 2 N–H and O–H groups in total. The van der Waals surface area contributed by atoms with Gasteiger partial charge in [-0.25, -0.2) is 4.39 Å².